The van der Waals surface area contributed by atoms with Gasteiger partial charge in [-0.2, -0.15) is 0 Å². The highest BCUT2D eigenvalue weighted by Gasteiger charge is 2.34. The number of para-hydroxylation sites is 1. The van der Waals surface area contributed by atoms with Crippen molar-refractivity contribution < 1.29 is 24.3 Å². The number of urea groups is 1. The molecule has 0 saturated carbocycles. The first kappa shape index (κ1) is 33.9. The van der Waals surface area contributed by atoms with Gasteiger partial charge in [-0.15, -0.1) is 0 Å². The zero-order valence-corrected chi connectivity index (χ0v) is 26.7. The first-order valence-electron chi connectivity index (χ1n) is 16.0. The normalized spacial score (nSPS) is 19.1. The number of amides is 4. The number of aromatic amines is 1. The molecule has 1 aliphatic rings. The number of H-pyrrole nitrogens is 1. The van der Waals surface area contributed by atoms with E-state index < -0.39 is 35.9 Å². The molecule has 0 spiro atoms. The second-order valence-corrected chi connectivity index (χ2v) is 12.5. The topological polar surface area (TPSA) is 144 Å². The lowest BCUT2D eigenvalue weighted by molar-refractivity contribution is -0.142. The molecular formula is C33H51N5O5. The van der Waals surface area contributed by atoms with E-state index in [0.29, 0.717) is 25.7 Å². The number of piperidine rings is 1. The summed E-state index contributed by atoms with van der Waals surface area (Å²) in [5.41, 5.74) is 2.79. The number of carbonyl (C=O) groups is 4. The lowest BCUT2D eigenvalue weighted by Crippen LogP contribution is -2.59. The van der Waals surface area contributed by atoms with E-state index in [1.165, 1.54) is 0 Å². The number of hydrogen-bond donors (Lipinski definition) is 5. The van der Waals surface area contributed by atoms with Crippen molar-refractivity contribution in [2.24, 2.45) is 5.92 Å². The van der Waals surface area contributed by atoms with Crippen molar-refractivity contribution in [1.82, 2.24) is 25.8 Å². The number of carbonyl (C=O) groups excluding carboxylic acids is 3. The molecule has 1 aliphatic heterocycles. The molecule has 43 heavy (non-hydrogen) atoms. The van der Waals surface area contributed by atoms with E-state index in [-0.39, 0.29) is 30.5 Å². The van der Waals surface area contributed by atoms with Gasteiger partial charge in [0.15, 0.2) is 0 Å². The lowest BCUT2D eigenvalue weighted by atomic mass is 9.97. The number of likely N-dealkylation sites (tertiary alicyclic amines) is 1. The van der Waals surface area contributed by atoms with E-state index in [9.17, 15) is 24.3 Å². The monoisotopic (exact) mass is 597 g/mol. The van der Waals surface area contributed by atoms with Gasteiger partial charge in [0.1, 0.15) is 18.1 Å². The Kier molecular flexibility index (Phi) is 12.5. The van der Waals surface area contributed by atoms with E-state index in [4.69, 9.17) is 0 Å². The van der Waals surface area contributed by atoms with Crippen LogP contribution < -0.4 is 16.0 Å². The number of hydrogen-bond acceptors (Lipinski definition) is 4. The van der Waals surface area contributed by atoms with Crippen molar-refractivity contribution in [3.63, 3.8) is 0 Å². The van der Waals surface area contributed by atoms with E-state index in [1.54, 1.807) is 0 Å². The molecule has 0 aliphatic carbocycles. The van der Waals surface area contributed by atoms with Crippen LogP contribution in [-0.4, -0.2) is 69.0 Å². The van der Waals surface area contributed by atoms with Crippen molar-refractivity contribution in [2.45, 2.75) is 130 Å². The summed E-state index contributed by atoms with van der Waals surface area (Å²) in [4.78, 5) is 58.2. The Morgan fingerprint density at radius 3 is 2.19 bits per heavy atom. The molecule has 10 nitrogen and oxygen atoms in total. The van der Waals surface area contributed by atoms with Gasteiger partial charge < -0.3 is 30.9 Å². The summed E-state index contributed by atoms with van der Waals surface area (Å²) in [5, 5.41) is 19.3. The molecule has 2 heterocycles. The Bertz CT molecular complexity index is 1250. The third-order valence-electron chi connectivity index (χ3n) is 8.51. The Labute approximate surface area is 255 Å². The standard InChI is InChI=1S/C33H51N5O5/c1-7-9-16-27(32(41)42)35-31(40)29(19-24-23-15-10-11-17-26(23)34-25(24)8-2)36-30(39)28(18-20(3)4)37-33(43)38-21(5)13-12-14-22(38)6/h10-11,15,17,20-22,27-29,34H,7-9,12-14,16,18-19H2,1-6H3,(H,35,40)(H,36,39)(H,37,43)(H,41,42)/t21-,22+,27-,28+,29-/m1/s1. The molecule has 1 aromatic carbocycles. The number of nitrogens with zero attached hydrogens (tertiary/aromatic N) is 1. The number of nitrogens with one attached hydrogen (secondary N) is 4. The summed E-state index contributed by atoms with van der Waals surface area (Å²) in [5.74, 6) is -2.02. The highest BCUT2D eigenvalue weighted by Crippen LogP contribution is 2.25. The van der Waals surface area contributed by atoms with Gasteiger partial charge in [-0.3, -0.25) is 9.59 Å². The second-order valence-electron chi connectivity index (χ2n) is 12.5. The molecule has 0 bridgehead atoms. The maximum Gasteiger partial charge on any atom is 0.326 e. The SMILES string of the molecule is CCCC[C@@H](NC(=O)[C@@H](Cc1c(CC)[nH]c2ccccc12)NC(=O)[C@H](CC(C)C)NC(=O)N1[C@H](C)CCC[C@@H]1C)C(=O)O. The highest BCUT2D eigenvalue weighted by molar-refractivity contribution is 5.94. The van der Waals surface area contributed by atoms with E-state index in [2.05, 4.69) is 20.9 Å². The zero-order valence-electron chi connectivity index (χ0n) is 26.7. The summed E-state index contributed by atoms with van der Waals surface area (Å²) < 4.78 is 0. The maximum absolute atomic E-state index is 13.9. The van der Waals surface area contributed by atoms with E-state index in [1.807, 2.05) is 70.7 Å². The third-order valence-corrected chi connectivity index (χ3v) is 8.51. The predicted molar refractivity (Wildman–Crippen MR) is 169 cm³/mol. The predicted octanol–water partition coefficient (Wildman–Crippen LogP) is 4.90. The van der Waals surface area contributed by atoms with Crippen LogP contribution in [0.15, 0.2) is 24.3 Å². The van der Waals surface area contributed by atoms with Gasteiger partial charge in [-0.05, 0) is 69.9 Å². The molecule has 10 heteroatoms. The number of benzene rings is 1. The Hall–Kier alpha value is -3.56. The van der Waals surface area contributed by atoms with Crippen LogP contribution in [0.5, 0.6) is 0 Å². The molecule has 0 radical (unpaired) electrons. The van der Waals surface area contributed by atoms with Crippen LogP contribution in [0.3, 0.4) is 0 Å². The molecular weight excluding hydrogens is 546 g/mol. The molecule has 5 N–H and O–H groups in total. The van der Waals surface area contributed by atoms with Gasteiger partial charge in [0.05, 0.1) is 0 Å². The van der Waals surface area contributed by atoms with Crippen molar-refractivity contribution in [3.8, 4) is 0 Å². The summed E-state index contributed by atoms with van der Waals surface area (Å²) >= 11 is 0. The minimum Gasteiger partial charge on any atom is -0.480 e. The third kappa shape index (κ3) is 8.97. The summed E-state index contributed by atoms with van der Waals surface area (Å²) in [6.45, 7) is 12.0. The van der Waals surface area contributed by atoms with E-state index >= 15 is 0 Å². The van der Waals surface area contributed by atoms with Gasteiger partial charge >= 0.3 is 12.0 Å². The summed E-state index contributed by atoms with van der Waals surface area (Å²) in [6.07, 6.45) is 5.87. The molecule has 1 aromatic heterocycles. The molecule has 5 atom stereocenters. The molecule has 4 amide bonds. The largest absolute Gasteiger partial charge is 0.480 e. The van der Waals surface area contributed by atoms with Crippen molar-refractivity contribution in [3.05, 3.63) is 35.5 Å². The number of aryl methyl sites for hydroxylation is 1. The summed E-state index contributed by atoms with van der Waals surface area (Å²) in [7, 11) is 0. The second kappa shape index (κ2) is 15.8. The number of rotatable bonds is 14. The van der Waals surface area contributed by atoms with E-state index in [0.717, 1.165) is 47.8 Å². The zero-order chi connectivity index (χ0) is 31.7. The van der Waals surface area contributed by atoms with Crippen molar-refractivity contribution in [2.75, 3.05) is 0 Å². The number of carboxylic acids is 1. The maximum atomic E-state index is 13.9. The molecule has 0 unspecified atom stereocenters. The van der Waals surface area contributed by atoms with Gasteiger partial charge in [-0.25, -0.2) is 9.59 Å². The number of aromatic nitrogens is 1. The van der Waals surface area contributed by atoms with Crippen LogP contribution in [0.1, 0.15) is 97.7 Å². The molecule has 3 rings (SSSR count). The van der Waals surface area contributed by atoms with Crippen LogP contribution >= 0.6 is 0 Å². The average Bonchev–Trinajstić information content (AvgIpc) is 3.31. The van der Waals surface area contributed by atoms with Gasteiger partial charge in [0.2, 0.25) is 11.8 Å². The first-order valence-corrected chi connectivity index (χ1v) is 16.0. The minimum absolute atomic E-state index is 0.0652. The van der Waals surface area contributed by atoms with Crippen LogP contribution in [-0.2, 0) is 27.2 Å². The van der Waals surface area contributed by atoms with Crippen LogP contribution in [0.2, 0.25) is 0 Å². The minimum atomic E-state index is -1.11. The Balaban J connectivity index is 1.91. The van der Waals surface area contributed by atoms with Crippen LogP contribution in [0.4, 0.5) is 4.79 Å². The van der Waals surface area contributed by atoms with Crippen LogP contribution in [0.25, 0.3) is 10.9 Å². The molecule has 2 aromatic rings. The number of fused-ring (bicyclic) bond motifs is 1. The van der Waals surface area contributed by atoms with Crippen molar-refractivity contribution in [1.29, 1.82) is 0 Å². The average molecular weight is 598 g/mol. The smallest absolute Gasteiger partial charge is 0.326 e. The molecule has 238 valence electrons. The Morgan fingerprint density at radius 1 is 0.953 bits per heavy atom. The fourth-order valence-electron chi connectivity index (χ4n) is 6.16. The number of unbranched alkanes of at least 4 members (excludes halogenated alkanes) is 1. The fourth-order valence-corrected chi connectivity index (χ4v) is 6.16. The Morgan fingerprint density at radius 2 is 1.58 bits per heavy atom. The number of carboxylic acid groups (broad SMARTS) is 1. The molecule has 1 fully saturated rings. The van der Waals surface area contributed by atoms with Gasteiger partial charge in [0.25, 0.3) is 0 Å². The lowest BCUT2D eigenvalue weighted by Gasteiger charge is -2.39. The first-order chi connectivity index (χ1) is 20.5. The van der Waals surface area contributed by atoms with Crippen molar-refractivity contribution >= 4 is 34.7 Å². The molecule has 1 saturated heterocycles. The quantitative estimate of drug-likeness (QED) is 0.210. The van der Waals surface area contributed by atoms with Crippen LogP contribution in [0, 0.1) is 5.92 Å². The highest BCUT2D eigenvalue weighted by atomic mass is 16.4. The van der Waals surface area contributed by atoms with Gasteiger partial charge in [-0.1, -0.05) is 58.7 Å². The number of aliphatic carboxylic acids is 1. The summed E-state index contributed by atoms with van der Waals surface area (Å²) in [6, 6.07) is 4.69. The fraction of sp³-hybridized carbons (Fsp3) is 0.636. The van der Waals surface area contributed by atoms with Gasteiger partial charge in [0, 0.05) is 35.1 Å².